The molecule has 1 aliphatic heterocycles. The number of carbonyl (C=O) groups is 1. The summed E-state index contributed by atoms with van der Waals surface area (Å²) in [5, 5.41) is 11.1. The zero-order chi connectivity index (χ0) is 29.2. The molecule has 3 aromatic rings. The van der Waals surface area contributed by atoms with E-state index in [0.29, 0.717) is 17.1 Å². The van der Waals surface area contributed by atoms with Crippen LogP contribution < -0.4 is 5.73 Å². The normalized spacial score (nSPS) is 19.4. The van der Waals surface area contributed by atoms with Gasteiger partial charge in [0.25, 0.3) is 6.02 Å². The molecule has 9 nitrogen and oxygen atoms in total. The third-order valence-electron chi connectivity index (χ3n) is 5.24. The van der Waals surface area contributed by atoms with Gasteiger partial charge in [0, 0.05) is 40.9 Å². The lowest BCUT2D eigenvalue weighted by atomic mass is 9.86. The highest BCUT2D eigenvalue weighted by atomic mass is 32.2. The number of thioether (sulfide) groups is 1. The van der Waals surface area contributed by atoms with Gasteiger partial charge in [-0.3, -0.25) is 0 Å². The third-order valence-corrected chi connectivity index (χ3v) is 5.92. The number of rotatable bonds is 4. The van der Waals surface area contributed by atoms with E-state index in [1.165, 1.54) is 30.8 Å². The number of aromatic nitrogens is 3. The molecule has 1 aromatic carbocycles. The van der Waals surface area contributed by atoms with Gasteiger partial charge in [-0.1, -0.05) is 5.16 Å². The second kappa shape index (κ2) is 11.1. The molecule has 39 heavy (non-hydrogen) atoms. The predicted octanol–water partition coefficient (Wildman–Crippen LogP) is 5.17. The summed E-state index contributed by atoms with van der Waals surface area (Å²) in [5.41, 5.74) is 4.42. The van der Waals surface area contributed by atoms with Crippen molar-refractivity contribution in [3.8, 4) is 22.8 Å². The van der Waals surface area contributed by atoms with Crippen molar-refractivity contribution in [3.05, 3.63) is 48.0 Å². The highest BCUT2D eigenvalue weighted by Gasteiger charge is 2.49. The van der Waals surface area contributed by atoms with Crippen LogP contribution in [-0.4, -0.2) is 56.9 Å². The fourth-order valence-corrected chi connectivity index (χ4v) is 3.69. The monoisotopic (exact) mass is 581 g/mol. The fourth-order valence-electron chi connectivity index (χ4n) is 3.38. The molecule has 2 atom stereocenters. The maximum Gasteiger partial charge on any atom is 0.490 e. The molecule has 1 aliphatic rings. The molecule has 0 spiro atoms. The average molecular weight is 581 g/mol. The number of nitrogens with zero attached hydrogens (tertiary/aromatic N) is 4. The zero-order valence-electron chi connectivity index (χ0n) is 19.8. The molecule has 0 fully saturated rings. The smallest absolute Gasteiger partial charge is 0.475 e. The molecule has 0 amide bonds. The first-order chi connectivity index (χ1) is 18.0. The summed E-state index contributed by atoms with van der Waals surface area (Å²) in [6.07, 6.45) is -5.18. The Balaban J connectivity index is 0.000000532. The first-order valence-corrected chi connectivity index (χ1v) is 11.8. The number of carboxylic acid groups (broad SMARTS) is 1. The van der Waals surface area contributed by atoms with Gasteiger partial charge in [-0.15, -0.1) is 11.8 Å². The minimum Gasteiger partial charge on any atom is -0.475 e. The van der Waals surface area contributed by atoms with E-state index in [-0.39, 0.29) is 11.3 Å². The van der Waals surface area contributed by atoms with Gasteiger partial charge in [-0.2, -0.15) is 26.3 Å². The van der Waals surface area contributed by atoms with Crippen molar-refractivity contribution in [1.82, 2.24) is 15.1 Å². The number of aliphatic carboxylic acids is 1. The van der Waals surface area contributed by atoms with E-state index in [0.717, 1.165) is 11.0 Å². The minimum atomic E-state index is -5.08. The lowest BCUT2D eigenvalue weighted by molar-refractivity contribution is -0.192. The highest BCUT2D eigenvalue weighted by molar-refractivity contribution is 7.98. The number of nitrogens with two attached hydrogens (primary N) is 1. The molecule has 2 aromatic heterocycles. The molecule has 0 unspecified atom stereocenters. The summed E-state index contributed by atoms with van der Waals surface area (Å²) in [4.78, 5) is 21.5. The topological polar surface area (TPSA) is 137 Å². The van der Waals surface area contributed by atoms with Crippen molar-refractivity contribution in [3.63, 3.8) is 0 Å². The zero-order valence-corrected chi connectivity index (χ0v) is 20.7. The first-order valence-electron chi connectivity index (χ1n) is 10.6. The van der Waals surface area contributed by atoms with Crippen LogP contribution in [0.5, 0.6) is 0 Å². The van der Waals surface area contributed by atoms with Crippen molar-refractivity contribution in [2.24, 2.45) is 10.7 Å². The van der Waals surface area contributed by atoms with Crippen molar-refractivity contribution in [2.45, 2.75) is 42.2 Å². The van der Waals surface area contributed by atoms with Gasteiger partial charge in [-0.05, 0) is 31.4 Å². The Bertz CT molecular complexity index is 1360. The maximum absolute atomic E-state index is 14.7. The maximum atomic E-state index is 14.7. The van der Waals surface area contributed by atoms with Gasteiger partial charge in [0.2, 0.25) is 0 Å². The predicted molar refractivity (Wildman–Crippen MR) is 123 cm³/mol. The van der Waals surface area contributed by atoms with Crippen LogP contribution in [0.15, 0.2) is 51.1 Å². The number of halogens is 7. The number of ether oxygens (including phenoxy) is 1. The Morgan fingerprint density at radius 3 is 2.31 bits per heavy atom. The van der Waals surface area contributed by atoms with Gasteiger partial charge >= 0.3 is 18.3 Å². The summed E-state index contributed by atoms with van der Waals surface area (Å²) in [5.74, 6) is -2.91. The molecule has 0 radical (unpaired) electrons. The van der Waals surface area contributed by atoms with Crippen LogP contribution in [0, 0.1) is 5.82 Å². The molecule has 0 aliphatic carbocycles. The third kappa shape index (κ3) is 7.15. The van der Waals surface area contributed by atoms with Gasteiger partial charge in [0.1, 0.15) is 11.4 Å². The first kappa shape index (κ1) is 29.7. The van der Waals surface area contributed by atoms with Gasteiger partial charge in [0.15, 0.2) is 23.3 Å². The second-order valence-electron chi connectivity index (χ2n) is 8.08. The quantitative estimate of drug-likeness (QED) is 0.316. The number of benzene rings is 1. The summed E-state index contributed by atoms with van der Waals surface area (Å²) >= 11 is 1.49. The van der Waals surface area contributed by atoms with E-state index in [2.05, 4.69) is 20.1 Å². The van der Waals surface area contributed by atoms with Crippen LogP contribution >= 0.6 is 11.8 Å². The molecule has 17 heteroatoms. The van der Waals surface area contributed by atoms with Crippen LogP contribution in [0.3, 0.4) is 0 Å². The number of hydrogen-bond donors (Lipinski definition) is 2. The molecular formula is C22H18F7N5O4S. The summed E-state index contributed by atoms with van der Waals surface area (Å²) in [7, 11) is 0. The number of hydrogen-bond acceptors (Lipinski definition) is 9. The lowest BCUT2D eigenvalue weighted by Gasteiger charge is -2.37. The largest absolute Gasteiger partial charge is 0.490 e. The van der Waals surface area contributed by atoms with Gasteiger partial charge in [-0.25, -0.2) is 24.1 Å². The van der Waals surface area contributed by atoms with Crippen LogP contribution in [0.4, 0.5) is 30.7 Å². The SMILES string of the molecule is CSc1cnc(-c2cc(-c3ccc(F)c([C@]4(C)C[C@@H](C(F)(F)F)N=C(N)O4)c3)on2)nc1.O=C(O)C(F)(F)F. The molecule has 210 valence electrons. The minimum absolute atomic E-state index is 0.111. The van der Waals surface area contributed by atoms with Crippen LogP contribution in [-0.2, 0) is 15.1 Å². The van der Waals surface area contributed by atoms with Gasteiger partial charge < -0.3 is 20.1 Å². The van der Waals surface area contributed by atoms with E-state index in [1.807, 2.05) is 6.26 Å². The summed E-state index contributed by atoms with van der Waals surface area (Å²) < 4.78 is 97.0. The van der Waals surface area contributed by atoms with E-state index < -0.39 is 48.2 Å². The molecule has 3 N–H and O–H groups in total. The highest BCUT2D eigenvalue weighted by Crippen LogP contribution is 2.41. The van der Waals surface area contributed by atoms with E-state index in [4.69, 9.17) is 24.9 Å². The fraction of sp³-hybridized carbons (Fsp3) is 0.318. The van der Waals surface area contributed by atoms with Crippen LogP contribution in [0.2, 0.25) is 0 Å². The van der Waals surface area contributed by atoms with Crippen molar-refractivity contribution >= 4 is 23.8 Å². The Morgan fingerprint density at radius 1 is 1.15 bits per heavy atom. The lowest BCUT2D eigenvalue weighted by Crippen LogP contribution is -2.46. The van der Waals surface area contributed by atoms with E-state index >= 15 is 0 Å². The van der Waals surface area contributed by atoms with Gasteiger partial charge in [0.05, 0.1) is 0 Å². The molecule has 0 saturated carbocycles. The number of alkyl halides is 6. The van der Waals surface area contributed by atoms with Crippen LogP contribution in [0.25, 0.3) is 22.8 Å². The Kier molecular flexibility index (Phi) is 8.42. The summed E-state index contributed by atoms with van der Waals surface area (Å²) in [6.45, 7) is 1.34. The molecule has 0 bridgehead atoms. The molecular weight excluding hydrogens is 563 g/mol. The Hall–Kier alpha value is -3.89. The number of amidine groups is 1. The standard InChI is InChI=1S/C20H17F4N5O2S.C2HF3O2/c1-19(7-16(20(22,23)24)28-18(25)30-19)12-5-10(3-4-13(12)21)15-6-14(29-31-15)17-26-8-11(32-2)9-27-17;3-2(4,5)1(6)7/h3-6,8-9,16H,7H2,1-2H3,(H2,25,28);(H,6,7)/t16-,19-;/m0./s1. The molecule has 4 rings (SSSR count). The number of carboxylic acids is 1. The Labute approximate surface area is 219 Å². The second-order valence-corrected chi connectivity index (χ2v) is 8.96. The Morgan fingerprint density at radius 2 is 1.77 bits per heavy atom. The van der Waals surface area contributed by atoms with E-state index in [9.17, 15) is 30.7 Å². The van der Waals surface area contributed by atoms with E-state index in [1.54, 1.807) is 18.5 Å². The average Bonchev–Trinajstić information content (AvgIpc) is 3.33. The van der Waals surface area contributed by atoms with Crippen molar-refractivity contribution < 1.29 is 49.9 Å². The van der Waals surface area contributed by atoms with Crippen molar-refractivity contribution in [1.29, 1.82) is 0 Å². The van der Waals surface area contributed by atoms with Crippen molar-refractivity contribution in [2.75, 3.05) is 6.26 Å². The number of aliphatic imine (C=N–C) groups is 1. The summed E-state index contributed by atoms with van der Waals surface area (Å²) in [6, 6.07) is 2.69. The van der Waals surface area contributed by atoms with Crippen LogP contribution in [0.1, 0.15) is 18.9 Å². The molecule has 0 saturated heterocycles. The molecule has 3 heterocycles.